The summed E-state index contributed by atoms with van der Waals surface area (Å²) in [6.07, 6.45) is 3.69. The first kappa shape index (κ1) is 29.3. The predicted molar refractivity (Wildman–Crippen MR) is 203 cm³/mol. The lowest BCUT2D eigenvalue weighted by Crippen LogP contribution is -2.00. The molecule has 3 heterocycles. The van der Waals surface area contributed by atoms with Gasteiger partial charge in [-0.15, -0.1) is 0 Å². The standard InChI is InChI=1S/C45H29N5/c1-3-9-30(10-4-1)37-13-7-14-38(29-37)45-49-43(35-11-5-2-6-12-35)48-44(50-45)36-22-18-32(19-23-36)31-16-20-33(21-17-31)39-26-28-47-42-40(39)25-24-34-15-8-27-46-41(34)42/h1-29H. The fourth-order valence-electron chi connectivity index (χ4n) is 6.48. The smallest absolute Gasteiger partial charge is 0.164 e. The summed E-state index contributed by atoms with van der Waals surface area (Å²) in [7, 11) is 0. The van der Waals surface area contributed by atoms with Gasteiger partial charge in [-0.3, -0.25) is 9.97 Å². The van der Waals surface area contributed by atoms with E-state index in [0.29, 0.717) is 17.5 Å². The highest BCUT2D eigenvalue weighted by molar-refractivity contribution is 6.08. The lowest BCUT2D eigenvalue weighted by atomic mass is 9.97. The number of benzene rings is 6. The zero-order valence-electron chi connectivity index (χ0n) is 27.0. The van der Waals surface area contributed by atoms with Crippen molar-refractivity contribution in [3.63, 3.8) is 0 Å². The van der Waals surface area contributed by atoms with Crippen molar-refractivity contribution in [2.24, 2.45) is 0 Å². The number of aromatic nitrogens is 5. The SMILES string of the molecule is c1ccc(-c2cccc(-c3nc(-c4ccccc4)nc(-c4ccc(-c5ccc(-c6ccnc7c6ccc6cccnc67)cc5)cc4)n3)c2)cc1. The van der Waals surface area contributed by atoms with Crippen molar-refractivity contribution in [2.45, 2.75) is 0 Å². The second-order valence-corrected chi connectivity index (χ2v) is 12.2. The Morgan fingerprint density at radius 1 is 0.300 bits per heavy atom. The van der Waals surface area contributed by atoms with E-state index in [4.69, 9.17) is 15.0 Å². The molecule has 0 saturated carbocycles. The van der Waals surface area contributed by atoms with E-state index in [1.807, 2.05) is 54.9 Å². The zero-order chi connectivity index (χ0) is 33.3. The van der Waals surface area contributed by atoms with Gasteiger partial charge in [0.25, 0.3) is 0 Å². The molecule has 0 fully saturated rings. The van der Waals surface area contributed by atoms with E-state index in [0.717, 1.165) is 71.9 Å². The van der Waals surface area contributed by atoms with Crippen LogP contribution >= 0.6 is 0 Å². The van der Waals surface area contributed by atoms with E-state index in [9.17, 15) is 0 Å². The summed E-state index contributed by atoms with van der Waals surface area (Å²) in [5, 5.41) is 2.18. The van der Waals surface area contributed by atoms with Crippen molar-refractivity contribution in [1.29, 1.82) is 0 Å². The van der Waals surface area contributed by atoms with E-state index in [2.05, 4.69) is 131 Å². The summed E-state index contributed by atoms with van der Waals surface area (Å²) in [6.45, 7) is 0. The van der Waals surface area contributed by atoms with Gasteiger partial charge in [0, 0.05) is 39.9 Å². The van der Waals surface area contributed by atoms with Crippen LogP contribution in [0.25, 0.3) is 89.4 Å². The van der Waals surface area contributed by atoms with Crippen molar-refractivity contribution < 1.29 is 0 Å². The molecule has 0 saturated heterocycles. The van der Waals surface area contributed by atoms with Crippen LogP contribution < -0.4 is 0 Å². The van der Waals surface area contributed by atoms with Crippen LogP contribution in [0.4, 0.5) is 0 Å². The van der Waals surface area contributed by atoms with Gasteiger partial charge in [-0.05, 0) is 51.6 Å². The van der Waals surface area contributed by atoms with E-state index in [-0.39, 0.29) is 0 Å². The maximum Gasteiger partial charge on any atom is 0.164 e. The number of fused-ring (bicyclic) bond motifs is 3. The molecule has 5 nitrogen and oxygen atoms in total. The second kappa shape index (κ2) is 12.6. The molecule has 0 N–H and O–H groups in total. The van der Waals surface area contributed by atoms with Gasteiger partial charge in [-0.1, -0.05) is 146 Å². The molecule has 0 bridgehead atoms. The molecule has 0 unspecified atom stereocenters. The molecule has 0 aliphatic heterocycles. The summed E-state index contributed by atoms with van der Waals surface area (Å²) in [5.41, 5.74) is 11.4. The fraction of sp³-hybridized carbons (Fsp3) is 0. The van der Waals surface area contributed by atoms with Gasteiger partial charge < -0.3 is 0 Å². The van der Waals surface area contributed by atoms with Crippen LogP contribution in [0.5, 0.6) is 0 Å². The van der Waals surface area contributed by atoms with E-state index in [1.54, 1.807) is 0 Å². The van der Waals surface area contributed by atoms with Gasteiger partial charge in [0.05, 0.1) is 11.0 Å². The van der Waals surface area contributed by atoms with Crippen LogP contribution in [0, 0.1) is 0 Å². The van der Waals surface area contributed by atoms with Gasteiger partial charge in [0.2, 0.25) is 0 Å². The molecule has 0 aliphatic rings. The summed E-state index contributed by atoms with van der Waals surface area (Å²) in [5.74, 6) is 1.91. The second-order valence-electron chi connectivity index (χ2n) is 12.2. The molecule has 6 aromatic carbocycles. The highest BCUT2D eigenvalue weighted by Gasteiger charge is 2.14. The fourth-order valence-corrected chi connectivity index (χ4v) is 6.48. The van der Waals surface area contributed by atoms with Crippen LogP contribution in [-0.2, 0) is 0 Å². The molecule has 0 amide bonds. The van der Waals surface area contributed by atoms with E-state index >= 15 is 0 Å². The molecule has 9 aromatic rings. The predicted octanol–water partition coefficient (Wildman–Crippen LogP) is 11.0. The van der Waals surface area contributed by atoms with Gasteiger partial charge >= 0.3 is 0 Å². The number of hydrogen-bond donors (Lipinski definition) is 0. The Hall–Kier alpha value is -6.85. The van der Waals surface area contributed by atoms with Crippen LogP contribution in [0.1, 0.15) is 0 Å². The third kappa shape index (κ3) is 5.57. The van der Waals surface area contributed by atoms with Crippen molar-refractivity contribution in [3.8, 4) is 67.5 Å². The molecule has 3 aromatic heterocycles. The lowest BCUT2D eigenvalue weighted by molar-refractivity contribution is 1.07. The van der Waals surface area contributed by atoms with Crippen molar-refractivity contribution >= 4 is 21.8 Å². The van der Waals surface area contributed by atoms with Crippen molar-refractivity contribution in [2.75, 3.05) is 0 Å². The summed E-state index contributed by atoms with van der Waals surface area (Å²) < 4.78 is 0. The molecule has 9 rings (SSSR count). The summed E-state index contributed by atoms with van der Waals surface area (Å²) >= 11 is 0. The quantitative estimate of drug-likeness (QED) is 0.169. The monoisotopic (exact) mass is 639 g/mol. The molecule has 0 spiro atoms. The Morgan fingerprint density at radius 3 is 1.52 bits per heavy atom. The first-order valence-corrected chi connectivity index (χ1v) is 16.6. The minimum absolute atomic E-state index is 0.632. The molecule has 0 radical (unpaired) electrons. The zero-order valence-corrected chi connectivity index (χ0v) is 27.0. The molecule has 50 heavy (non-hydrogen) atoms. The van der Waals surface area contributed by atoms with Crippen LogP contribution in [0.15, 0.2) is 176 Å². The Bertz CT molecular complexity index is 2620. The van der Waals surface area contributed by atoms with Crippen molar-refractivity contribution in [3.05, 3.63) is 176 Å². The third-order valence-corrected chi connectivity index (χ3v) is 9.05. The Labute approximate surface area is 289 Å². The highest BCUT2D eigenvalue weighted by atomic mass is 15.0. The summed E-state index contributed by atoms with van der Waals surface area (Å²) in [6, 6.07) is 56.3. The largest absolute Gasteiger partial charge is 0.254 e. The van der Waals surface area contributed by atoms with Crippen LogP contribution in [0.3, 0.4) is 0 Å². The minimum Gasteiger partial charge on any atom is -0.254 e. The Morgan fingerprint density at radius 2 is 0.820 bits per heavy atom. The van der Waals surface area contributed by atoms with E-state index in [1.165, 1.54) is 0 Å². The maximum absolute atomic E-state index is 4.99. The van der Waals surface area contributed by atoms with Gasteiger partial charge in [-0.2, -0.15) is 0 Å². The normalized spacial score (nSPS) is 11.2. The maximum atomic E-state index is 4.99. The Kier molecular flexibility index (Phi) is 7.41. The first-order chi connectivity index (χ1) is 24.8. The molecule has 0 atom stereocenters. The molecular formula is C45H29N5. The first-order valence-electron chi connectivity index (χ1n) is 16.6. The van der Waals surface area contributed by atoms with Crippen LogP contribution in [-0.4, -0.2) is 24.9 Å². The number of rotatable bonds is 6. The minimum atomic E-state index is 0.632. The lowest BCUT2D eigenvalue weighted by Gasteiger charge is -2.11. The number of hydrogen-bond acceptors (Lipinski definition) is 5. The molecule has 0 aliphatic carbocycles. The average Bonchev–Trinajstić information content (AvgIpc) is 3.21. The van der Waals surface area contributed by atoms with Crippen LogP contribution in [0.2, 0.25) is 0 Å². The van der Waals surface area contributed by atoms with Crippen molar-refractivity contribution in [1.82, 2.24) is 24.9 Å². The van der Waals surface area contributed by atoms with Gasteiger partial charge in [0.15, 0.2) is 17.5 Å². The summed E-state index contributed by atoms with van der Waals surface area (Å²) in [4.78, 5) is 24.2. The molecule has 5 heteroatoms. The number of pyridine rings is 2. The van der Waals surface area contributed by atoms with E-state index < -0.39 is 0 Å². The highest BCUT2D eigenvalue weighted by Crippen LogP contribution is 2.33. The molecule has 234 valence electrons. The number of nitrogens with zero attached hydrogens (tertiary/aromatic N) is 5. The third-order valence-electron chi connectivity index (χ3n) is 9.05. The Balaban J connectivity index is 1.05. The van der Waals surface area contributed by atoms with Gasteiger partial charge in [-0.25, -0.2) is 15.0 Å². The average molecular weight is 640 g/mol. The molecular weight excluding hydrogens is 611 g/mol. The topological polar surface area (TPSA) is 64.5 Å². The van der Waals surface area contributed by atoms with Gasteiger partial charge in [0.1, 0.15) is 0 Å².